The zero-order valence-electron chi connectivity index (χ0n) is 10.1. The Morgan fingerprint density at radius 1 is 1.26 bits per heavy atom. The van der Waals surface area contributed by atoms with Crippen LogP contribution in [0, 0.1) is 0 Å². The second-order valence-corrected chi connectivity index (χ2v) is 3.99. The molecule has 1 aromatic carbocycles. The Balaban J connectivity index is 1.93. The lowest BCUT2D eigenvalue weighted by Crippen LogP contribution is -2.22. The van der Waals surface area contributed by atoms with E-state index in [0.29, 0.717) is 12.1 Å². The summed E-state index contributed by atoms with van der Waals surface area (Å²) >= 11 is 0. The number of hydrogen-bond donors (Lipinski definition) is 2. The van der Waals surface area contributed by atoms with Gasteiger partial charge in [0.25, 0.3) is 5.91 Å². The molecule has 0 fully saturated rings. The quantitative estimate of drug-likeness (QED) is 0.835. The van der Waals surface area contributed by atoms with E-state index >= 15 is 0 Å². The van der Waals surface area contributed by atoms with Crippen LogP contribution >= 0.6 is 0 Å². The molecule has 19 heavy (non-hydrogen) atoms. The maximum absolute atomic E-state index is 11.8. The Hall–Kier alpha value is -2.63. The molecule has 0 saturated carbocycles. The highest BCUT2D eigenvalue weighted by Crippen LogP contribution is 2.01. The third kappa shape index (κ3) is 3.67. The Kier molecular flexibility index (Phi) is 3.92. The van der Waals surface area contributed by atoms with Crippen LogP contribution in [0.15, 0.2) is 42.7 Å². The van der Waals surface area contributed by atoms with Crippen LogP contribution in [-0.4, -0.2) is 26.8 Å². The van der Waals surface area contributed by atoms with E-state index < -0.39 is 5.97 Å². The van der Waals surface area contributed by atoms with Gasteiger partial charge in [0.2, 0.25) is 0 Å². The predicted octanol–water partition coefficient (Wildman–Crippen LogP) is 0.898. The standard InChI is InChI=1S/C13H13N3O3/c17-12(18)9-16-8-11(7-15-16)13(19)14-6-10-4-2-1-3-5-10/h1-5,7-8H,6,9H2,(H,14,19)(H,17,18). The van der Waals surface area contributed by atoms with Crippen LogP contribution in [-0.2, 0) is 17.9 Å². The zero-order valence-corrected chi connectivity index (χ0v) is 10.1. The van der Waals surface area contributed by atoms with Crippen LogP contribution < -0.4 is 5.32 Å². The molecule has 0 radical (unpaired) electrons. The normalized spacial score (nSPS) is 10.1. The molecular weight excluding hydrogens is 246 g/mol. The average Bonchev–Trinajstić information content (AvgIpc) is 2.85. The lowest BCUT2D eigenvalue weighted by molar-refractivity contribution is -0.137. The molecule has 98 valence electrons. The monoisotopic (exact) mass is 259 g/mol. The minimum Gasteiger partial charge on any atom is -0.480 e. The van der Waals surface area contributed by atoms with Crippen LogP contribution in [0.3, 0.4) is 0 Å². The first-order valence-electron chi connectivity index (χ1n) is 5.71. The second kappa shape index (κ2) is 5.81. The van der Waals surface area contributed by atoms with E-state index in [1.54, 1.807) is 0 Å². The van der Waals surface area contributed by atoms with Crippen molar-refractivity contribution in [3.8, 4) is 0 Å². The molecule has 2 aromatic rings. The number of carboxylic acids is 1. The van der Waals surface area contributed by atoms with Crippen LogP contribution in [0.4, 0.5) is 0 Å². The number of carbonyl (C=O) groups excluding carboxylic acids is 1. The van der Waals surface area contributed by atoms with Gasteiger partial charge < -0.3 is 10.4 Å². The SMILES string of the molecule is O=C(O)Cn1cc(C(=O)NCc2ccccc2)cn1. The number of amides is 1. The molecular formula is C13H13N3O3. The molecule has 0 unspecified atom stereocenters. The topological polar surface area (TPSA) is 84.2 Å². The molecule has 2 rings (SSSR count). The molecule has 1 amide bonds. The number of aromatic nitrogens is 2. The number of nitrogens with zero attached hydrogens (tertiary/aromatic N) is 2. The maximum Gasteiger partial charge on any atom is 0.325 e. The molecule has 0 atom stereocenters. The summed E-state index contributed by atoms with van der Waals surface area (Å²) in [5.41, 5.74) is 1.34. The Labute approximate surface area is 109 Å². The van der Waals surface area contributed by atoms with Crippen LogP contribution in [0.25, 0.3) is 0 Å². The Bertz CT molecular complexity index is 578. The van der Waals surface area contributed by atoms with Crippen molar-refractivity contribution in [1.82, 2.24) is 15.1 Å². The number of carbonyl (C=O) groups is 2. The lowest BCUT2D eigenvalue weighted by atomic mass is 10.2. The van der Waals surface area contributed by atoms with Crippen molar-refractivity contribution >= 4 is 11.9 Å². The van der Waals surface area contributed by atoms with Crippen molar-refractivity contribution in [2.45, 2.75) is 13.1 Å². The fourth-order valence-corrected chi connectivity index (χ4v) is 1.59. The Morgan fingerprint density at radius 2 is 2.00 bits per heavy atom. The zero-order chi connectivity index (χ0) is 13.7. The minimum atomic E-state index is -1.00. The van der Waals surface area contributed by atoms with Crippen LogP contribution in [0.1, 0.15) is 15.9 Å². The summed E-state index contributed by atoms with van der Waals surface area (Å²) in [4.78, 5) is 22.3. The molecule has 0 saturated heterocycles. The first-order valence-corrected chi connectivity index (χ1v) is 5.71. The smallest absolute Gasteiger partial charge is 0.325 e. The summed E-state index contributed by atoms with van der Waals surface area (Å²) in [6.45, 7) is 0.162. The highest BCUT2D eigenvalue weighted by molar-refractivity contribution is 5.93. The molecule has 2 N–H and O–H groups in total. The first-order chi connectivity index (χ1) is 9.15. The number of nitrogens with one attached hydrogen (secondary N) is 1. The fourth-order valence-electron chi connectivity index (χ4n) is 1.59. The molecule has 1 heterocycles. The van der Waals surface area contributed by atoms with Crippen molar-refractivity contribution in [3.05, 3.63) is 53.9 Å². The number of carboxylic acid groups (broad SMARTS) is 1. The number of hydrogen-bond acceptors (Lipinski definition) is 3. The third-order valence-electron chi connectivity index (χ3n) is 2.49. The number of rotatable bonds is 5. The number of aliphatic carboxylic acids is 1. The van der Waals surface area contributed by atoms with Crippen molar-refractivity contribution in [3.63, 3.8) is 0 Å². The van der Waals surface area contributed by atoms with Crippen molar-refractivity contribution in [2.75, 3.05) is 0 Å². The van der Waals surface area contributed by atoms with Gasteiger partial charge in [0.15, 0.2) is 0 Å². The third-order valence-corrected chi connectivity index (χ3v) is 2.49. The lowest BCUT2D eigenvalue weighted by Gasteiger charge is -2.03. The molecule has 6 nitrogen and oxygen atoms in total. The van der Waals surface area contributed by atoms with Crippen molar-refractivity contribution in [1.29, 1.82) is 0 Å². The van der Waals surface area contributed by atoms with E-state index in [2.05, 4.69) is 10.4 Å². The molecule has 0 aliphatic rings. The molecule has 0 bridgehead atoms. The Morgan fingerprint density at radius 3 is 2.68 bits per heavy atom. The molecule has 0 aliphatic heterocycles. The van der Waals surface area contributed by atoms with E-state index in [0.717, 1.165) is 5.56 Å². The molecule has 0 aliphatic carbocycles. The highest BCUT2D eigenvalue weighted by atomic mass is 16.4. The van der Waals surface area contributed by atoms with Gasteiger partial charge in [-0.1, -0.05) is 30.3 Å². The van der Waals surface area contributed by atoms with Gasteiger partial charge >= 0.3 is 5.97 Å². The summed E-state index contributed by atoms with van der Waals surface area (Å²) < 4.78 is 1.21. The van der Waals surface area contributed by atoms with Crippen molar-refractivity contribution in [2.24, 2.45) is 0 Å². The molecule has 6 heteroatoms. The van der Waals surface area contributed by atoms with Crippen molar-refractivity contribution < 1.29 is 14.7 Å². The maximum atomic E-state index is 11.8. The van der Waals surface area contributed by atoms with E-state index in [1.165, 1.54) is 17.1 Å². The van der Waals surface area contributed by atoms with Crippen LogP contribution in [0.5, 0.6) is 0 Å². The van der Waals surface area contributed by atoms with Gasteiger partial charge in [0, 0.05) is 12.7 Å². The number of benzene rings is 1. The van der Waals surface area contributed by atoms with Gasteiger partial charge in [-0.3, -0.25) is 14.3 Å². The van der Waals surface area contributed by atoms with Gasteiger partial charge in [0.05, 0.1) is 11.8 Å². The largest absolute Gasteiger partial charge is 0.480 e. The summed E-state index contributed by atoms with van der Waals surface area (Å²) in [6.07, 6.45) is 2.76. The van der Waals surface area contributed by atoms with E-state index in [1.807, 2.05) is 30.3 Å². The molecule has 0 spiro atoms. The first kappa shape index (κ1) is 12.8. The van der Waals surface area contributed by atoms with Gasteiger partial charge in [-0.05, 0) is 5.56 Å². The summed E-state index contributed by atoms with van der Waals surface area (Å²) in [7, 11) is 0. The van der Waals surface area contributed by atoms with E-state index in [-0.39, 0.29) is 12.5 Å². The van der Waals surface area contributed by atoms with Gasteiger partial charge in [-0.15, -0.1) is 0 Å². The predicted molar refractivity (Wildman–Crippen MR) is 67.5 cm³/mol. The van der Waals surface area contributed by atoms with Gasteiger partial charge in [0.1, 0.15) is 6.54 Å². The minimum absolute atomic E-state index is 0.258. The summed E-state index contributed by atoms with van der Waals surface area (Å²) in [6, 6.07) is 9.52. The fraction of sp³-hybridized carbons (Fsp3) is 0.154. The van der Waals surface area contributed by atoms with Gasteiger partial charge in [-0.25, -0.2) is 0 Å². The van der Waals surface area contributed by atoms with E-state index in [4.69, 9.17) is 5.11 Å². The second-order valence-electron chi connectivity index (χ2n) is 3.99. The van der Waals surface area contributed by atoms with Gasteiger partial charge in [-0.2, -0.15) is 5.10 Å². The molecule has 1 aromatic heterocycles. The highest BCUT2D eigenvalue weighted by Gasteiger charge is 2.09. The van der Waals surface area contributed by atoms with Crippen LogP contribution in [0.2, 0.25) is 0 Å². The van der Waals surface area contributed by atoms with E-state index in [9.17, 15) is 9.59 Å². The summed E-state index contributed by atoms with van der Waals surface area (Å²) in [5, 5.41) is 15.2. The summed E-state index contributed by atoms with van der Waals surface area (Å²) in [5.74, 6) is -1.28. The average molecular weight is 259 g/mol.